The molecule has 0 spiro atoms. The Balaban J connectivity index is 1.38. The minimum atomic E-state index is 0.538. The second-order valence-corrected chi connectivity index (χ2v) is 8.71. The van der Waals surface area contributed by atoms with E-state index in [1.54, 1.807) is 0 Å². The first-order chi connectivity index (χ1) is 17.1. The van der Waals surface area contributed by atoms with Gasteiger partial charge in [-0.2, -0.15) is 15.3 Å². The van der Waals surface area contributed by atoms with Crippen LogP contribution in [0.15, 0.2) is 55.1 Å². The van der Waals surface area contributed by atoms with Gasteiger partial charge in [0.2, 0.25) is 5.95 Å². The van der Waals surface area contributed by atoms with Crippen LogP contribution in [-0.4, -0.2) is 39.3 Å². The van der Waals surface area contributed by atoms with E-state index >= 15 is 0 Å². The smallest absolute Gasteiger partial charge is 0.228 e. The molecule has 9 heteroatoms. The van der Waals surface area contributed by atoms with Crippen molar-refractivity contribution in [3.63, 3.8) is 0 Å². The van der Waals surface area contributed by atoms with Crippen LogP contribution >= 0.6 is 0 Å². The molecule has 35 heavy (non-hydrogen) atoms. The Bertz CT molecular complexity index is 1500. The molecule has 4 heterocycles. The molecule has 4 aromatic heterocycles. The monoisotopic (exact) mass is 465 g/mol. The minimum absolute atomic E-state index is 0.538. The highest BCUT2D eigenvalue weighted by molar-refractivity contribution is 5.85. The molecular formula is C26H27N9. The third-order valence-electron chi connectivity index (χ3n) is 6.51. The Kier molecular flexibility index (Phi) is 5.17. The third kappa shape index (κ3) is 3.78. The van der Waals surface area contributed by atoms with Crippen LogP contribution in [0.1, 0.15) is 25.1 Å². The fourth-order valence-corrected chi connectivity index (χ4v) is 4.68. The van der Waals surface area contributed by atoms with Gasteiger partial charge in [-0.05, 0) is 37.8 Å². The number of anilines is 2. The second-order valence-electron chi connectivity index (χ2n) is 8.71. The highest BCUT2D eigenvalue weighted by Crippen LogP contribution is 2.40. The van der Waals surface area contributed by atoms with Gasteiger partial charge in [0.05, 0.1) is 23.3 Å². The summed E-state index contributed by atoms with van der Waals surface area (Å²) in [6.07, 6.45) is 9.61. The van der Waals surface area contributed by atoms with Crippen molar-refractivity contribution in [1.82, 2.24) is 39.3 Å². The lowest BCUT2D eigenvalue weighted by Gasteiger charge is -2.17. The summed E-state index contributed by atoms with van der Waals surface area (Å²) in [5, 5.41) is 17.0. The first-order valence-corrected chi connectivity index (χ1v) is 12.0. The van der Waals surface area contributed by atoms with Crippen LogP contribution in [0.5, 0.6) is 0 Å². The number of nitrogens with one attached hydrogen (secondary N) is 1. The van der Waals surface area contributed by atoms with Gasteiger partial charge >= 0.3 is 0 Å². The Morgan fingerprint density at radius 2 is 1.69 bits per heavy atom. The van der Waals surface area contributed by atoms with E-state index in [1.807, 2.05) is 45.7 Å². The zero-order chi connectivity index (χ0) is 23.9. The van der Waals surface area contributed by atoms with Gasteiger partial charge in [0.25, 0.3) is 0 Å². The Morgan fingerprint density at radius 1 is 0.886 bits per heavy atom. The van der Waals surface area contributed by atoms with Crippen LogP contribution in [0.2, 0.25) is 0 Å². The van der Waals surface area contributed by atoms with Gasteiger partial charge < -0.3 is 5.32 Å². The van der Waals surface area contributed by atoms with Crippen molar-refractivity contribution in [1.29, 1.82) is 0 Å². The average Bonchev–Trinajstić information content (AvgIpc) is 3.62. The molecular weight excluding hydrogens is 438 g/mol. The number of aryl methyl sites for hydroxylation is 5. The van der Waals surface area contributed by atoms with Crippen molar-refractivity contribution in [2.45, 2.75) is 39.8 Å². The molecule has 0 bridgehead atoms. The zero-order valence-corrected chi connectivity index (χ0v) is 20.1. The zero-order valence-electron chi connectivity index (χ0n) is 20.1. The van der Waals surface area contributed by atoms with Gasteiger partial charge in [-0.3, -0.25) is 14.0 Å². The minimum Gasteiger partial charge on any atom is -0.307 e. The van der Waals surface area contributed by atoms with E-state index in [9.17, 15) is 0 Å². The first-order valence-electron chi connectivity index (χ1n) is 12.0. The predicted octanol–water partition coefficient (Wildman–Crippen LogP) is 4.49. The summed E-state index contributed by atoms with van der Waals surface area (Å²) in [5.41, 5.74) is 8.67. The third-order valence-corrected chi connectivity index (χ3v) is 6.51. The van der Waals surface area contributed by atoms with Crippen LogP contribution in [0.3, 0.4) is 0 Å². The SMILES string of the molecule is CCn1cc(-c2ccc(-c3c4c(nn3C)CCc3cnc(Nc5ccn(CC)n5)nc3-4)cc2)cn1. The molecule has 0 saturated carbocycles. The van der Waals surface area contributed by atoms with E-state index in [2.05, 4.69) is 64.8 Å². The summed E-state index contributed by atoms with van der Waals surface area (Å²) < 4.78 is 5.78. The fraction of sp³-hybridized carbons (Fsp3) is 0.269. The summed E-state index contributed by atoms with van der Waals surface area (Å²) in [6.45, 7) is 5.82. The fourth-order valence-electron chi connectivity index (χ4n) is 4.68. The predicted molar refractivity (Wildman–Crippen MR) is 135 cm³/mol. The molecule has 1 aliphatic carbocycles. The number of hydrogen-bond donors (Lipinski definition) is 1. The lowest BCUT2D eigenvalue weighted by Crippen LogP contribution is -2.08. The molecule has 1 aliphatic rings. The Morgan fingerprint density at radius 3 is 2.43 bits per heavy atom. The van der Waals surface area contributed by atoms with E-state index in [0.717, 1.165) is 76.6 Å². The molecule has 0 saturated heterocycles. The van der Waals surface area contributed by atoms with Crippen molar-refractivity contribution in [3.8, 4) is 33.6 Å². The second kappa shape index (κ2) is 8.50. The number of aromatic nitrogens is 8. The van der Waals surface area contributed by atoms with Gasteiger partial charge in [-0.25, -0.2) is 9.97 Å². The van der Waals surface area contributed by atoms with Gasteiger partial charge in [-0.1, -0.05) is 24.3 Å². The van der Waals surface area contributed by atoms with Gasteiger partial charge in [-0.15, -0.1) is 0 Å². The van der Waals surface area contributed by atoms with Crippen LogP contribution in [-0.2, 0) is 33.0 Å². The summed E-state index contributed by atoms with van der Waals surface area (Å²) >= 11 is 0. The summed E-state index contributed by atoms with van der Waals surface area (Å²) in [5.74, 6) is 1.27. The molecule has 0 amide bonds. The van der Waals surface area contributed by atoms with Crippen LogP contribution in [0, 0.1) is 0 Å². The molecule has 0 aliphatic heterocycles. The number of benzene rings is 1. The molecule has 5 aromatic rings. The van der Waals surface area contributed by atoms with Crippen LogP contribution < -0.4 is 5.32 Å². The van der Waals surface area contributed by atoms with E-state index in [-0.39, 0.29) is 0 Å². The number of nitrogens with zero attached hydrogens (tertiary/aromatic N) is 8. The Labute approximate surface area is 203 Å². The first kappa shape index (κ1) is 21.3. The van der Waals surface area contributed by atoms with E-state index in [4.69, 9.17) is 10.1 Å². The molecule has 0 unspecified atom stereocenters. The molecule has 0 radical (unpaired) electrons. The van der Waals surface area contributed by atoms with Crippen molar-refractivity contribution >= 4 is 11.8 Å². The maximum Gasteiger partial charge on any atom is 0.228 e. The number of hydrogen-bond acceptors (Lipinski definition) is 6. The van der Waals surface area contributed by atoms with E-state index in [1.165, 1.54) is 0 Å². The average molecular weight is 466 g/mol. The molecule has 9 nitrogen and oxygen atoms in total. The summed E-state index contributed by atoms with van der Waals surface area (Å²) in [6, 6.07) is 10.5. The van der Waals surface area contributed by atoms with Crippen molar-refractivity contribution in [3.05, 3.63) is 66.4 Å². The highest BCUT2D eigenvalue weighted by Gasteiger charge is 2.27. The molecule has 1 aromatic carbocycles. The van der Waals surface area contributed by atoms with Crippen molar-refractivity contribution in [2.75, 3.05) is 5.32 Å². The molecule has 1 N–H and O–H groups in total. The quantitative estimate of drug-likeness (QED) is 0.397. The van der Waals surface area contributed by atoms with Crippen molar-refractivity contribution in [2.24, 2.45) is 7.05 Å². The molecule has 0 fully saturated rings. The van der Waals surface area contributed by atoms with E-state index in [0.29, 0.717) is 5.95 Å². The van der Waals surface area contributed by atoms with Crippen molar-refractivity contribution < 1.29 is 0 Å². The van der Waals surface area contributed by atoms with Gasteiger partial charge in [0.15, 0.2) is 5.82 Å². The number of rotatable bonds is 6. The molecule has 0 atom stereocenters. The number of fused-ring (bicyclic) bond motifs is 3. The highest BCUT2D eigenvalue weighted by atomic mass is 15.3. The topological polar surface area (TPSA) is 91.3 Å². The largest absolute Gasteiger partial charge is 0.307 e. The molecule has 6 rings (SSSR count). The lowest BCUT2D eigenvalue weighted by atomic mass is 9.91. The maximum atomic E-state index is 4.93. The van der Waals surface area contributed by atoms with E-state index < -0.39 is 0 Å². The molecule has 176 valence electrons. The van der Waals surface area contributed by atoms with Crippen LogP contribution in [0.4, 0.5) is 11.8 Å². The standard InChI is InChI=1S/C26H27N9/c1-4-34-13-12-22(32-34)29-26-27-14-19-10-11-21-23(24(19)30-26)25(33(3)31-21)18-8-6-17(7-9-18)20-15-28-35(5-2)16-20/h6-9,12-16H,4-5,10-11H2,1-3H3,(H,27,29,30,32). The maximum absolute atomic E-state index is 4.93. The normalized spacial score (nSPS) is 12.4. The van der Waals surface area contributed by atoms with Gasteiger partial charge in [0, 0.05) is 61.5 Å². The van der Waals surface area contributed by atoms with Crippen LogP contribution in [0.25, 0.3) is 33.6 Å². The van der Waals surface area contributed by atoms with Gasteiger partial charge in [0.1, 0.15) is 0 Å². The Hall–Kier alpha value is -4.27. The lowest BCUT2D eigenvalue weighted by molar-refractivity contribution is 0.660. The summed E-state index contributed by atoms with van der Waals surface area (Å²) in [7, 11) is 2.00. The summed E-state index contributed by atoms with van der Waals surface area (Å²) in [4.78, 5) is 9.48.